The highest BCUT2D eigenvalue weighted by Gasteiger charge is 2.15. The van der Waals surface area contributed by atoms with E-state index in [1.54, 1.807) is 19.0 Å². The molecule has 1 fully saturated rings. The lowest BCUT2D eigenvalue weighted by atomic mass is 10.0. The lowest BCUT2D eigenvalue weighted by molar-refractivity contribution is 0.0827. The Balaban J connectivity index is 2.14. The summed E-state index contributed by atoms with van der Waals surface area (Å²) in [6, 6.07) is 6.38. The van der Waals surface area contributed by atoms with Crippen LogP contribution < -0.4 is 10.6 Å². The summed E-state index contributed by atoms with van der Waals surface area (Å²) in [5.41, 5.74) is 3.01. The number of carbonyl (C=O) groups is 1. The third-order valence-electron chi connectivity index (χ3n) is 3.59. The Hall–Kier alpha value is -1.55. The first kappa shape index (κ1) is 13.9. The lowest BCUT2D eigenvalue weighted by Crippen LogP contribution is -2.35. The molecule has 1 heterocycles. The average molecular weight is 261 g/mol. The molecule has 2 N–H and O–H groups in total. The van der Waals surface area contributed by atoms with Crippen molar-refractivity contribution in [2.24, 2.45) is 0 Å². The Labute approximate surface area is 115 Å². The highest BCUT2D eigenvalue weighted by molar-refractivity contribution is 5.95. The van der Waals surface area contributed by atoms with Gasteiger partial charge >= 0.3 is 0 Å². The van der Waals surface area contributed by atoms with Gasteiger partial charge in [0.1, 0.15) is 0 Å². The van der Waals surface area contributed by atoms with Crippen LogP contribution in [0.15, 0.2) is 18.2 Å². The fraction of sp³-hybridized carbons (Fsp3) is 0.533. The number of hydrogen-bond acceptors (Lipinski definition) is 3. The van der Waals surface area contributed by atoms with E-state index in [1.165, 1.54) is 5.56 Å². The smallest absolute Gasteiger partial charge is 0.253 e. The molecule has 104 valence electrons. The van der Waals surface area contributed by atoms with E-state index in [-0.39, 0.29) is 5.91 Å². The SMILES string of the molecule is Cc1ccc(C(=O)N(C)C)cc1NC1CCNCC1. The molecule has 0 unspecified atom stereocenters. The molecule has 1 aliphatic rings. The molecule has 2 rings (SSSR count). The molecule has 1 aromatic carbocycles. The van der Waals surface area contributed by atoms with Gasteiger partial charge < -0.3 is 15.5 Å². The first-order chi connectivity index (χ1) is 9.08. The number of anilines is 1. The van der Waals surface area contributed by atoms with Crippen molar-refractivity contribution in [3.8, 4) is 0 Å². The van der Waals surface area contributed by atoms with Crippen molar-refractivity contribution in [1.82, 2.24) is 10.2 Å². The molecule has 0 saturated carbocycles. The van der Waals surface area contributed by atoms with Crippen LogP contribution in [0.2, 0.25) is 0 Å². The van der Waals surface area contributed by atoms with Gasteiger partial charge in [-0.3, -0.25) is 4.79 Å². The molecule has 0 bridgehead atoms. The number of hydrogen-bond donors (Lipinski definition) is 2. The molecule has 0 aromatic heterocycles. The van der Waals surface area contributed by atoms with Crippen molar-refractivity contribution in [1.29, 1.82) is 0 Å². The third kappa shape index (κ3) is 3.47. The Morgan fingerprint density at radius 1 is 1.32 bits per heavy atom. The topological polar surface area (TPSA) is 44.4 Å². The van der Waals surface area contributed by atoms with Crippen LogP contribution in [0.1, 0.15) is 28.8 Å². The van der Waals surface area contributed by atoms with Gasteiger partial charge in [-0.25, -0.2) is 0 Å². The van der Waals surface area contributed by atoms with E-state index in [0.717, 1.165) is 37.2 Å². The van der Waals surface area contributed by atoms with Crippen LogP contribution in [0, 0.1) is 6.92 Å². The summed E-state index contributed by atoms with van der Waals surface area (Å²) < 4.78 is 0. The predicted octanol–water partition coefficient (Wildman–Crippen LogP) is 1.86. The Morgan fingerprint density at radius 3 is 2.63 bits per heavy atom. The molecule has 0 atom stereocenters. The Kier molecular flexibility index (Phi) is 4.43. The zero-order valence-electron chi connectivity index (χ0n) is 12.0. The van der Waals surface area contributed by atoms with Gasteiger partial charge in [0.2, 0.25) is 0 Å². The van der Waals surface area contributed by atoms with Crippen LogP contribution in [0.4, 0.5) is 5.69 Å². The van der Waals surface area contributed by atoms with E-state index < -0.39 is 0 Å². The molecular formula is C15H23N3O. The number of rotatable bonds is 3. The predicted molar refractivity (Wildman–Crippen MR) is 78.7 cm³/mol. The van der Waals surface area contributed by atoms with Crippen LogP contribution in [-0.4, -0.2) is 44.0 Å². The maximum atomic E-state index is 12.0. The summed E-state index contributed by atoms with van der Waals surface area (Å²) in [5.74, 6) is 0.0494. The largest absolute Gasteiger partial charge is 0.382 e. The van der Waals surface area contributed by atoms with Crippen molar-refractivity contribution in [3.63, 3.8) is 0 Å². The second kappa shape index (κ2) is 6.06. The van der Waals surface area contributed by atoms with E-state index >= 15 is 0 Å². The summed E-state index contributed by atoms with van der Waals surface area (Å²) in [4.78, 5) is 13.6. The minimum atomic E-state index is 0.0494. The van der Waals surface area contributed by atoms with E-state index in [9.17, 15) is 4.79 Å². The lowest BCUT2D eigenvalue weighted by Gasteiger charge is -2.26. The van der Waals surface area contributed by atoms with Gasteiger partial charge in [0.15, 0.2) is 0 Å². The zero-order chi connectivity index (χ0) is 13.8. The van der Waals surface area contributed by atoms with Crippen LogP contribution in [-0.2, 0) is 0 Å². The number of aryl methyl sites for hydroxylation is 1. The van der Waals surface area contributed by atoms with Gasteiger partial charge in [-0.1, -0.05) is 6.07 Å². The molecule has 1 aliphatic heterocycles. The fourth-order valence-electron chi connectivity index (χ4n) is 2.35. The molecule has 1 saturated heterocycles. The molecule has 1 amide bonds. The molecule has 4 nitrogen and oxygen atoms in total. The normalized spacial score (nSPS) is 16.2. The molecular weight excluding hydrogens is 238 g/mol. The van der Waals surface area contributed by atoms with Crippen LogP contribution in [0.5, 0.6) is 0 Å². The fourth-order valence-corrected chi connectivity index (χ4v) is 2.35. The second-order valence-electron chi connectivity index (χ2n) is 5.40. The highest BCUT2D eigenvalue weighted by atomic mass is 16.2. The summed E-state index contributed by atoms with van der Waals surface area (Å²) in [5, 5.41) is 6.93. The van der Waals surface area contributed by atoms with Gasteiger partial charge in [-0.2, -0.15) is 0 Å². The molecule has 4 heteroatoms. The second-order valence-corrected chi connectivity index (χ2v) is 5.40. The van der Waals surface area contributed by atoms with Crippen LogP contribution in [0.25, 0.3) is 0 Å². The average Bonchev–Trinajstić information content (AvgIpc) is 2.41. The zero-order valence-corrected chi connectivity index (χ0v) is 12.0. The van der Waals surface area contributed by atoms with Crippen molar-refractivity contribution in [3.05, 3.63) is 29.3 Å². The minimum Gasteiger partial charge on any atom is -0.382 e. The maximum Gasteiger partial charge on any atom is 0.253 e. The molecule has 0 spiro atoms. The van der Waals surface area contributed by atoms with Crippen molar-refractivity contribution >= 4 is 11.6 Å². The Bertz CT molecular complexity index is 451. The number of piperidine rings is 1. The summed E-state index contributed by atoms with van der Waals surface area (Å²) >= 11 is 0. The number of nitrogens with one attached hydrogen (secondary N) is 2. The minimum absolute atomic E-state index is 0.0494. The van der Waals surface area contributed by atoms with Gasteiger partial charge in [0, 0.05) is 31.4 Å². The first-order valence-corrected chi connectivity index (χ1v) is 6.87. The number of amides is 1. The van der Waals surface area contributed by atoms with Gasteiger partial charge in [0.25, 0.3) is 5.91 Å². The van der Waals surface area contributed by atoms with Crippen LogP contribution >= 0.6 is 0 Å². The van der Waals surface area contributed by atoms with E-state index in [2.05, 4.69) is 17.6 Å². The van der Waals surface area contributed by atoms with Gasteiger partial charge in [-0.05, 0) is 50.6 Å². The molecule has 0 aliphatic carbocycles. The van der Waals surface area contributed by atoms with Crippen molar-refractivity contribution in [2.75, 3.05) is 32.5 Å². The van der Waals surface area contributed by atoms with Crippen molar-refractivity contribution < 1.29 is 4.79 Å². The number of carbonyl (C=O) groups excluding carboxylic acids is 1. The highest BCUT2D eigenvalue weighted by Crippen LogP contribution is 2.20. The van der Waals surface area contributed by atoms with Crippen LogP contribution in [0.3, 0.4) is 0 Å². The standard InChI is InChI=1S/C15H23N3O/c1-11-4-5-12(15(19)18(2)3)10-14(11)17-13-6-8-16-9-7-13/h4-5,10,13,16-17H,6-9H2,1-3H3. The summed E-state index contributed by atoms with van der Waals surface area (Å²) in [6.07, 6.45) is 2.26. The van der Waals surface area contributed by atoms with Gasteiger partial charge in [-0.15, -0.1) is 0 Å². The monoisotopic (exact) mass is 261 g/mol. The number of nitrogens with zero attached hydrogens (tertiary/aromatic N) is 1. The maximum absolute atomic E-state index is 12.0. The number of benzene rings is 1. The van der Waals surface area contributed by atoms with Gasteiger partial charge in [0.05, 0.1) is 0 Å². The Morgan fingerprint density at radius 2 is 2.00 bits per heavy atom. The third-order valence-corrected chi connectivity index (χ3v) is 3.59. The summed E-state index contributed by atoms with van der Waals surface area (Å²) in [7, 11) is 3.56. The molecule has 0 radical (unpaired) electrons. The van der Waals surface area contributed by atoms with E-state index in [0.29, 0.717) is 6.04 Å². The first-order valence-electron chi connectivity index (χ1n) is 6.87. The molecule has 19 heavy (non-hydrogen) atoms. The quantitative estimate of drug-likeness (QED) is 0.873. The van der Waals surface area contributed by atoms with E-state index in [4.69, 9.17) is 0 Å². The summed E-state index contributed by atoms with van der Waals surface area (Å²) in [6.45, 7) is 4.20. The van der Waals surface area contributed by atoms with E-state index in [1.807, 2.05) is 18.2 Å². The van der Waals surface area contributed by atoms with Crippen molar-refractivity contribution in [2.45, 2.75) is 25.8 Å². The molecule has 1 aromatic rings.